The lowest BCUT2D eigenvalue weighted by Gasteiger charge is -2.32. The van der Waals surface area contributed by atoms with Crippen LogP contribution >= 0.6 is 0 Å². The van der Waals surface area contributed by atoms with E-state index in [0.717, 1.165) is 18.2 Å². The molecule has 2 amide bonds. The van der Waals surface area contributed by atoms with Crippen LogP contribution < -0.4 is 0 Å². The van der Waals surface area contributed by atoms with Gasteiger partial charge in [-0.3, -0.25) is 14.6 Å². The van der Waals surface area contributed by atoms with Gasteiger partial charge in [-0.2, -0.15) is 4.31 Å². The van der Waals surface area contributed by atoms with Crippen molar-refractivity contribution in [3.63, 3.8) is 0 Å². The second-order valence-electron chi connectivity index (χ2n) is 8.88. The zero-order chi connectivity index (χ0) is 21.8. The first kappa shape index (κ1) is 20.4. The van der Waals surface area contributed by atoms with Crippen molar-refractivity contribution in [2.24, 2.45) is 11.3 Å². The number of rotatable bonds is 3. The average Bonchev–Trinajstić information content (AvgIpc) is 3.47. The van der Waals surface area contributed by atoms with Crippen LogP contribution in [0.4, 0.5) is 0 Å². The molecule has 1 aromatic heterocycles. The molecule has 5 rings (SSSR count). The third-order valence-electron chi connectivity index (χ3n) is 7.06. The maximum atomic E-state index is 13.7. The highest BCUT2D eigenvalue weighted by Crippen LogP contribution is 2.46. The molecule has 0 radical (unpaired) electrons. The summed E-state index contributed by atoms with van der Waals surface area (Å²) in [5.74, 6) is -0.287. The summed E-state index contributed by atoms with van der Waals surface area (Å²) in [7, 11) is -3.84. The molecule has 3 fully saturated rings. The molecule has 0 saturated carbocycles. The van der Waals surface area contributed by atoms with Gasteiger partial charge in [0.1, 0.15) is 4.90 Å². The molecule has 0 aliphatic carbocycles. The second-order valence-corrected chi connectivity index (χ2v) is 10.8. The molecule has 0 bridgehead atoms. The number of nitrogens with zero attached hydrogens (tertiary/aromatic N) is 4. The number of amides is 2. The molecule has 2 atom stereocenters. The predicted molar refractivity (Wildman–Crippen MR) is 114 cm³/mol. The van der Waals surface area contributed by atoms with Crippen LogP contribution in [0.15, 0.2) is 41.4 Å². The van der Waals surface area contributed by atoms with E-state index in [2.05, 4.69) is 4.98 Å². The lowest BCUT2D eigenvalue weighted by Crippen LogP contribution is -2.49. The molecule has 3 aliphatic rings. The highest BCUT2D eigenvalue weighted by Gasteiger charge is 2.61. The van der Waals surface area contributed by atoms with Crippen LogP contribution in [0.1, 0.15) is 19.8 Å². The zero-order valence-corrected chi connectivity index (χ0v) is 18.3. The van der Waals surface area contributed by atoms with Crippen LogP contribution in [0.25, 0.3) is 10.9 Å². The van der Waals surface area contributed by atoms with Gasteiger partial charge < -0.3 is 9.80 Å². The molecular formula is C22H26N4O4S. The number of benzene rings is 1. The summed E-state index contributed by atoms with van der Waals surface area (Å²) in [5.41, 5.74) is -0.437. The van der Waals surface area contributed by atoms with E-state index >= 15 is 0 Å². The number of hydrogen-bond donors (Lipinski definition) is 0. The number of fused-ring (bicyclic) bond motifs is 2. The summed E-state index contributed by atoms with van der Waals surface area (Å²) in [6.45, 7) is 3.93. The third-order valence-corrected chi connectivity index (χ3v) is 8.90. The molecular weight excluding hydrogens is 416 g/mol. The predicted octanol–water partition coefficient (Wildman–Crippen LogP) is 1.33. The van der Waals surface area contributed by atoms with Crippen LogP contribution in [-0.2, 0) is 19.6 Å². The smallest absolute Gasteiger partial charge is 0.245 e. The number of carbonyl (C=O) groups excluding carboxylic acids is 2. The van der Waals surface area contributed by atoms with Crippen LogP contribution in [-0.4, -0.2) is 78.6 Å². The Balaban J connectivity index is 1.52. The Morgan fingerprint density at radius 3 is 2.52 bits per heavy atom. The van der Waals surface area contributed by atoms with Gasteiger partial charge in [-0.25, -0.2) is 8.42 Å². The normalized spacial score (nSPS) is 26.5. The summed E-state index contributed by atoms with van der Waals surface area (Å²) in [5, 5.41) is 0.758. The highest BCUT2D eigenvalue weighted by atomic mass is 32.2. The van der Waals surface area contributed by atoms with Crippen molar-refractivity contribution in [1.29, 1.82) is 0 Å². The van der Waals surface area contributed by atoms with Gasteiger partial charge in [0.25, 0.3) is 0 Å². The summed E-state index contributed by atoms with van der Waals surface area (Å²) in [6.07, 6.45) is 3.52. The fraction of sp³-hybridized carbons (Fsp3) is 0.500. The van der Waals surface area contributed by atoms with E-state index in [0.29, 0.717) is 25.2 Å². The number of hydrogen-bond acceptors (Lipinski definition) is 5. The molecule has 0 unspecified atom stereocenters. The standard InChI is InChI=1S/C22H26N4O4S/c1-16(27)25-12-18-13-26(15-22(18,14-25)21(28)24-10-2-3-11-24)31(29,30)19-8-4-6-17-7-5-9-23-20(17)19/h4-9,18H,2-3,10-15H2,1H3/t18-,22-/m0/s1. The van der Waals surface area contributed by atoms with Crippen molar-refractivity contribution in [2.75, 3.05) is 39.3 Å². The minimum Gasteiger partial charge on any atom is -0.342 e. The molecule has 31 heavy (non-hydrogen) atoms. The summed E-state index contributed by atoms with van der Waals surface area (Å²) < 4.78 is 28.8. The van der Waals surface area contributed by atoms with Gasteiger partial charge in [0.2, 0.25) is 21.8 Å². The highest BCUT2D eigenvalue weighted by molar-refractivity contribution is 7.89. The Kier molecular flexibility index (Phi) is 4.78. The number of carbonyl (C=O) groups is 2. The van der Waals surface area contributed by atoms with E-state index in [1.165, 1.54) is 11.2 Å². The first-order chi connectivity index (χ1) is 14.8. The Bertz CT molecular complexity index is 1160. The number of aromatic nitrogens is 1. The minimum atomic E-state index is -3.84. The van der Waals surface area contributed by atoms with Crippen molar-refractivity contribution in [3.05, 3.63) is 36.5 Å². The van der Waals surface area contributed by atoms with E-state index in [1.54, 1.807) is 29.3 Å². The molecule has 8 nitrogen and oxygen atoms in total. The topological polar surface area (TPSA) is 90.9 Å². The zero-order valence-electron chi connectivity index (χ0n) is 17.5. The van der Waals surface area contributed by atoms with Crippen molar-refractivity contribution >= 4 is 32.7 Å². The fourth-order valence-electron chi connectivity index (χ4n) is 5.40. The molecule has 164 valence electrons. The maximum absolute atomic E-state index is 13.7. The number of sulfonamides is 1. The van der Waals surface area contributed by atoms with Crippen LogP contribution in [0.5, 0.6) is 0 Å². The monoisotopic (exact) mass is 442 g/mol. The van der Waals surface area contributed by atoms with Gasteiger partial charge in [0.15, 0.2) is 0 Å². The molecule has 3 aliphatic heterocycles. The first-order valence-corrected chi connectivity index (χ1v) is 12.2. The molecule has 9 heteroatoms. The van der Waals surface area contributed by atoms with Crippen molar-refractivity contribution < 1.29 is 18.0 Å². The average molecular weight is 443 g/mol. The van der Waals surface area contributed by atoms with Crippen molar-refractivity contribution in [1.82, 2.24) is 19.1 Å². The summed E-state index contributed by atoms with van der Waals surface area (Å²) in [4.78, 5) is 33.7. The van der Waals surface area contributed by atoms with Gasteiger partial charge in [0, 0.05) is 63.7 Å². The van der Waals surface area contributed by atoms with Gasteiger partial charge in [-0.05, 0) is 25.0 Å². The SMILES string of the molecule is CC(=O)N1C[C@H]2CN(S(=O)(=O)c3cccc4cccnc34)C[C@@]2(C(=O)N2CCCC2)C1. The van der Waals surface area contributed by atoms with Gasteiger partial charge >= 0.3 is 0 Å². The summed E-state index contributed by atoms with van der Waals surface area (Å²) >= 11 is 0. The fourth-order valence-corrected chi connectivity index (χ4v) is 7.12. The molecule has 2 aromatic rings. The quantitative estimate of drug-likeness (QED) is 0.715. The van der Waals surface area contributed by atoms with E-state index < -0.39 is 15.4 Å². The lowest BCUT2D eigenvalue weighted by molar-refractivity contribution is -0.141. The van der Waals surface area contributed by atoms with Gasteiger partial charge in [-0.1, -0.05) is 18.2 Å². The Hall–Kier alpha value is -2.52. The van der Waals surface area contributed by atoms with E-state index in [-0.39, 0.29) is 42.3 Å². The molecule has 0 N–H and O–H groups in total. The van der Waals surface area contributed by atoms with Gasteiger partial charge in [-0.15, -0.1) is 0 Å². The molecule has 1 aromatic carbocycles. The molecule has 3 saturated heterocycles. The van der Waals surface area contributed by atoms with Crippen LogP contribution in [0.2, 0.25) is 0 Å². The molecule has 0 spiro atoms. The number of likely N-dealkylation sites (tertiary alicyclic amines) is 2. The van der Waals surface area contributed by atoms with E-state index in [1.807, 2.05) is 17.0 Å². The van der Waals surface area contributed by atoms with Crippen molar-refractivity contribution in [3.8, 4) is 0 Å². The number of para-hydroxylation sites is 1. The Labute approximate surface area is 181 Å². The van der Waals surface area contributed by atoms with Crippen molar-refractivity contribution in [2.45, 2.75) is 24.7 Å². The van der Waals surface area contributed by atoms with Crippen LogP contribution in [0, 0.1) is 11.3 Å². The van der Waals surface area contributed by atoms with Crippen LogP contribution in [0.3, 0.4) is 0 Å². The minimum absolute atomic E-state index is 0.00695. The van der Waals surface area contributed by atoms with E-state index in [4.69, 9.17) is 0 Å². The second kappa shape index (κ2) is 7.27. The van der Waals surface area contributed by atoms with E-state index in [9.17, 15) is 18.0 Å². The summed E-state index contributed by atoms with van der Waals surface area (Å²) in [6, 6.07) is 8.75. The molecule has 4 heterocycles. The Morgan fingerprint density at radius 1 is 1.03 bits per heavy atom. The Morgan fingerprint density at radius 2 is 1.77 bits per heavy atom. The first-order valence-electron chi connectivity index (χ1n) is 10.7. The maximum Gasteiger partial charge on any atom is 0.245 e. The third kappa shape index (κ3) is 3.13. The largest absolute Gasteiger partial charge is 0.342 e. The number of pyridine rings is 1. The lowest BCUT2D eigenvalue weighted by atomic mass is 9.79. The van der Waals surface area contributed by atoms with Gasteiger partial charge in [0.05, 0.1) is 10.9 Å².